The summed E-state index contributed by atoms with van der Waals surface area (Å²) >= 11 is 0. The summed E-state index contributed by atoms with van der Waals surface area (Å²) in [5.74, 6) is 0.0648. The van der Waals surface area contributed by atoms with Gasteiger partial charge in [-0.1, -0.05) is 54.1 Å². The van der Waals surface area contributed by atoms with Gasteiger partial charge in [-0.2, -0.15) is 0 Å². The summed E-state index contributed by atoms with van der Waals surface area (Å²) in [4.78, 5) is 42.8. The van der Waals surface area contributed by atoms with Crippen LogP contribution in [0.1, 0.15) is 56.9 Å². The van der Waals surface area contributed by atoms with Gasteiger partial charge in [0.05, 0.1) is 6.54 Å². The molecule has 0 bridgehead atoms. The van der Waals surface area contributed by atoms with Gasteiger partial charge in [0.15, 0.2) is 5.69 Å². The first kappa shape index (κ1) is 22.8. The Morgan fingerprint density at radius 1 is 1.15 bits per heavy atom. The number of rotatable bonds is 8. The molecule has 1 amide bonds. The van der Waals surface area contributed by atoms with E-state index >= 15 is 0 Å². The smallest absolute Gasteiger partial charge is 0.330 e. The summed E-state index contributed by atoms with van der Waals surface area (Å²) in [6, 6.07) is 9.44. The van der Waals surface area contributed by atoms with Crippen molar-refractivity contribution in [2.75, 3.05) is 17.2 Å². The van der Waals surface area contributed by atoms with Gasteiger partial charge in [0.25, 0.3) is 5.56 Å². The highest BCUT2D eigenvalue weighted by Crippen LogP contribution is 2.26. The van der Waals surface area contributed by atoms with Crippen molar-refractivity contribution in [3.63, 3.8) is 0 Å². The molecule has 0 unspecified atom stereocenters. The van der Waals surface area contributed by atoms with Crippen LogP contribution in [0.5, 0.6) is 0 Å². The maximum atomic E-state index is 13.4. The number of anilines is 2. The fraction of sp³-hybridized carbons (Fsp3) is 0.423. The molecular formula is C26H32N4O3. The third kappa shape index (κ3) is 5.53. The number of carbonyl (C=O) groups is 1. The molecule has 2 aliphatic carbocycles. The van der Waals surface area contributed by atoms with Crippen molar-refractivity contribution < 1.29 is 4.79 Å². The number of nitrogen functional groups attached to an aromatic ring is 1. The summed E-state index contributed by atoms with van der Waals surface area (Å²) in [5.41, 5.74) is 7.49. The van der Waals surface area contributed by atoms with Crippen molar-refractivity contribution in [2.24, 2.45) is 5.92 Å². The number of aromatic nitrogens is 2. The number of aromatic amines is 1. The molecule has 2 aromatic rings. The molecule has 0 fully saturated rings. The molecule has 7 nitrogen and oxygen atoms in total. The molecule has 7 heteroatoms. The largest absolute Gasteiger partial charge is 0.383 e. The van der Waals surface area contributed by atoms with Gasteiger partial charge in [-0.3, -0.25) is 19.1 Å². The lowest BCUT2D eigenvalue weighted by Gasteiger charge is -2.26. The predicted molar refractivity (Wildman–Crippen MR) is 131 cm³/mol. The van der Waals surface area contributed by atoms with Crippen molar-refractivity contribution >= 4 is 17.4 Å². The van der Waals surface area contributed by atoms with Crippen LogP contribution >= 0.6 is 0 Å². The first-order valence-electron chi connectivity index (χ1n) is 11.8. The summed E-state index contributed by atoms with van der Waals surface area (Å²) < 4.78 is 1.34. The number of nitrogens with one attached hydrogen (secondary N) is 1. The maximum Gasteiger partial charge on any atom is 0.330 e. The topological polar surface area (TPSA) is 101 Å². The first-order chi connectivity index (χ1) is 16.0. The van der Waals surface area contributed by atoms with Crippen molar-refractivity contribution in [1.82, 2.24) is 9.55 Å². The van der Waals surface area contributed by atoms with Crippen LogP contribution in [-0.2, 0) is 11.3 Å². The van der Waals surface area contributed by atoms with E-state index in [9.17, 15) is 14.4 Å². The van der Waals surface area contributed by atoms with E-state index in [0.717, 1.165) is 37.7 Å². The highest BCUT2D eigenvalue weighted by Gasteiger charge is 2.26. The normalized spacial score (nSPS) is 17.7. The molecule has 1 heterocycles. The highest BCUT2D eigenvalue weighted by atomic mass is 16.2. The van der Waals surface area contributed by atoms with Gasteiger partial charge >= 0.3 is 5.69 Å². The molecule has 0 aliphatic heterocycles. The number of nitrogens with two attached hydrogens (primary N) is 1. The number of allylic oxidation sites excluding steroid dienone is 3. The number of benzene rings is 1. The van der Waals surface area contributed by atoms with E-state index in [1.54, 1.807) is 0 Å². The van der Waals surface area contributed by atoms with E-state index in [-0.39, 0.29) is 29.9 Å². The minimum Gasteiger partial charge on any atom is -0.383 e. The standard InChI is InChI=1S/C26H32N4O3/c27-24-23(25(32)28-26(33)30(24)18-21-13-5-2-6-14-21)29(16-15-19-9-3-1-4-10-19)22(31)17-20-11-7-8-12-20/h2,5-7,9,11,13-14,20H,1,3-4,8,10,12,15-18,27H2,(H,28,32,33)/t20-/m1/s1. The second-order valence-corrected chi connectivity index (χ2v) is 8.94. The number of amides is 1. The number of H-pyrrole nitrogens is 1. The predicted octanol–water partition coefficient (Wildman–Crippen LogP) is 3.75. The molecule has 0 spiro atoms. The zero-order valence-electron chi connectivity index (χ0n) is 19.0. The van der Waals surface area contributed by atoms with E-state index in [0.29, 0.717) is 19.4 Å². The molecule has 3 N–H and O–H groups in total. The fourth-order valence-electron chi connectivity index (χ4n) is 4.71. The number of hydrogen-bond acceptors (Lipinski definition) is 4. The average Bonchev–Trinajstić information content (AvgIpc) is 3.33. The van der Waals surface area contributed by atoms with Crippen molar-refractivity contribution in [3.05, 3.63) is 80.5 Å². The quantitative estimate of drug-likeness (QED) is 0.601. The van der Waals surface area contributed by atoms with Crippen LogP contribution in [0.2, 0.25) is 0 Å². The summed E-state index contributed by atoms with van der Waals surface area (Å²) in [6.07, 6.45) is 13.8. The molecule has 33 heavy (non-hydrogen) atoms. The van der Waals surface area contributed by atoms with E-state index in [4.69, 9.17) is 5.73 Å². The van der Waals surface area contributed by atoms with Gasteiger partial charge in [0.1, 0.15) is 5.82 Å². The second-order valence-electron chi connectivity index (χ2n) is 8.94. The molecule has 174 valence electrons. The average molecular weight is 449 g/mol. The van der Waals surface area contributed by atoms with Crippen molar-refractivity contribution in [2.45, 2.75) is 57.9 Å². The molecule has 2 aliphatic rings. The Labute approximate surface area is 193 Å². The Hall–Kier alpha value is -3.35. The minimum absolute atomic E-state index is 0.0283. The van der Waals surface area contributed by atoms with Crippen molar-refractivity contribution in [3.8, 4) is 0 Å². The van der Waals surface area contributed by atoms with Gasteiger partial charge < -0.3 is 10.6 Å². The molecule has 0 saturated heterocycles. The van der Waals surface area contributed by atoms with E-state index < -0.39 is 11.2 Å². The molecule has 0 radical (unpaired) electrons. The Kier molecular flexibility index (Phi) is 7.27. The van der Waals surface area contributed by atoms with Gasteiger partial charge in [0, 0.05) is 13.0 Å². The van der Waals surface area contributed by atoms with Gasteiger partial charge in [-0.05, 0) is 56.4 Å². The van der Waals surface area contributed by atoms with Crippen LogP contribution < -0.4 is 21.9 Å². The number of hydrogen-bond donors (Lipinski definition) is 2. The van der Waals surface area contributed by atoms with Crippen LogP contribution in [0.4, 0.5) is 11.5 Å². The van der Waals surface area contributed by atoms with Gasteiger partial charge in [-0.25, -0.2) is 4.79 Å². The molecule has 1 aromatic heterocycles. The molecule has 1 atom stereocenters. The van der Waals surface area contributed by atoms with E-state index in [2.05, 4.69) is 23.2 Å². The van der Waals surface area contributed by atoms with Crippen LogP contribution in [0.3, 0.4) is 0 Å². The van der Waals surface area contributed by atoms with Crippen LogP contribution in [0.15, 0.2) is 63.7 Å². The fourth-order valence-corrected chi connectivity index (χ4v) is 4.71. The molecule has 1 aromatic carbocycles. The highest BCUT2D eigenvalue weighted by molar-refractivity contribution is 5.95. The summed E-state index contributed by atoms with van der Waals surface area (Å²) in [7, 11) is 0. The molecule has 0 saturated carbocycles. The Balaban J connectivity index is 1.68. The Bertz CT molecular complexity index is 1160. The summed E-state index contributed by atoms with van der Waals surface area (Å²) in [6.45, 7) is 0.589. The zero-order chi connectivity index (χ0) is 23.2. The Morgan fingerprint density at radius 2 is 1.97 bits per heavy atom. The lowest BCUT2D eigenvalue weighted by atomic mass is 9.97. The zero-order valence-corrected chi connectivity index (χ0v) is 19.0. The van der Waals surface area contributed by atoms with E-state index in [1.165, 1.54) is 21.5 Å². The third-order valence-corrected chi connectivity index (χ3v) is 6.56. The Morgan fingerprint density at radius 3 is 2.67 bits per heavy atom. The molecule has 4 rings (SSSR count). The monoisotopic (exact) mass is 448 g/mol. The van der Waals surface area contributed by atoms with Crippen LogP contribution in [-0.4, -0.2) is 22.0 Å². The van der Waals surface area contributed by atoms with E-state index in [1.807, 2.05) is 30.3 Å². The minimum atomic E-state index is -0.616. The number of carbonyl (C=O) groups excluding carboxylic acids is 1. The van der Waals surface area contributed by atoms with Crippen molar-refractivity contribution in [1.29, 1.82) is 0 Å². The SMILES string of the molecule is Nc1c(N(CCC2=CCCCC2)C(=O)C[C@@H]2C=CCC2)c(=O)[nH]c(=O)n1Cc1ccccc1. The van der Waals surface area contributed by atoms with Crippen LogP contribution in [0, 0.1) is 5.92 Å². The lowest BCUT2D eigenvalue weighted by Crippen LogP contribution is -2.42. The van der Waals surface area contributed by atoms with Gasteiger partial charge in [-0.15, -0.1) is 0 Å². The maximum absolute atomic E-state index is 13.4. The molecular weight excluding hydrogens is 416 g/mol. The number of nitrogens with zero attached hydrogens (tertiary/aromatic N) is 2. The first-order valence-corrected chi connectivity index (χ1v) is 11.8. The second kappa shape index (κ2) is 10.5. The summed E-state index contributed by atoms with van der Waals surface area (Å²) in [5, 5.41) is 0. The van der Waals surface area contributed by atoms with Gasteiger partial charge in [0.2, 0.25) is 5.91 Å². The lowest BCUT2D eigenvalue weighted by molar-refractivity contribution is -0.119. The van der Waals surface area contributed by atoms with Crippen LogP contribution in [0.25, 0.3) is 0 Å². The third-order valence-electron chi connectivity index (χ3n) is 6.56.